The van der Waals surface area contributed by atoms with Gasteiger partial charge in [0, 0.05) is 9.76 Å². The predicted molar refractivity (Wildman–Crippen MR) is 49.5 cm³/mol. The first kappa shape index (κ1) is 7.72. The average molecular weight is 168 g/mol. The Morgan fingerprint density at radius 3 is 2.40 bits per heavy atom. The van der Waals surface area contributed by atoms with Crippen LogP contribution in [0.3, 0.4) is 0 Å². The van der Waals surface area contributed by atoms with Gasteiger partial charge in [-0.1, -0.05) is 30.3 Å². The molecule has 0 aliphatic heterocycles. The van der Waals surface area contributed by atoms with Crippen LogP contribution in [0.1, 0.15) is 5.56 Å². The van der Waals surface area contributed by atoms with Crippen LogP contribution >= 0.6 is 0 Å². The van der Waals surface area contributed by atoms with E-state index in [0.717, 1.165) is 15.8 Å². The van der Waals surface area contributed by atoms with Crippen molar-refractivity contribution in [3.63, 3.8) is 0 Å². The summed E-state index contributed by atoms with van der Waals surface area (Å²) in [7, 11) is -0.260. The largest absolute Gasteiger partial charge is 0.438 e. The lowest BCUT2D eigenvalue weighted by molar-refractivity contribution is 0.591. The molecule has 1 nitrogen and oxygen atoms in total. The maximum atomic E-state index is 9.21. The molecule has 1 N–H and O–H groups in total. The molecule has 0 aliphatic carbocycles. The van der Waals surface area contributed by atoms with Crippen molar-refractivity contribution < 1.29 is 4.80 Å². The van der Waals surface area contributed by atoms with Crippen molar-refractivity contribution in [3.8, 4) is 0 Å². The van der Waals surface area contributed by atoms with E-state index < -0.39 is 8.56 Å². The van der Waals surface area contributed by atoms with E-state index in [9.17, 15) is 4.80 Å². The maximum absolute atomic E-state index is 9.21. The Morgan fingerprint density at radius 1 is 1.30 bits per heavy atom. The molecule has 0 spiro atoms. The molecule has 1 unspecified atom stereocenters. The number of benzene rings is 1. The van der Waals surface area contributed by atoms with E-state index >= 15 is 0 Å². The first-order valence-corrected chi connectivity index (χ1v) is 9.46. The third kappa shape index (κ3) is 2.47. The van der Waals surface area contributed by atoms with Crippen molar-refractivity contribution >= 4 is 18.3 Å². The minimum absolute atomic E-state index is 0.951. The zero-order chi connectivity index (χ0) is 7.40. The summed E-state index contributed by atoms with van der Waals surface area (Å²) in [6, 6.07) is 11.2. The van der Waals surface area contributed by atoms with Gasteiger partial charge in [0.25, 0.3) is 0 Å². The fraction of sp³-hybridized carbons (Fsp3) is 0.143. The summed E-state index contributed by atoms with van der Waals surface area (Å²) in [6.07, 6.45) is 0. The van der Waals surface area contributed by atoms with Gasteiger partial charge in [0.2, 0.25) is 0 Å². The highest BCUT2D eigenvalue weighted by atomic mass is 29.2. The van der Waals surface area contributed by atoms with Crippen molar-refractivity contribution in [2.24, 2.45) is 0 Å². The fourth-order valence-corrected chi connectivity index (χ4v) is 3.32. The Bertz CT molecular complexity index is 186. The Kier molecular flexibility index (Phi) is 2.86. The van der Waals surface area contributed by atoms with Crippen LogP contribution in [0.4, 0.5) is 0 Å². The Balaban J connectivity index is 2.59. The lowest BCUT2D eigenvalue weighted by atomic mass is 10.2. The monoisotopic (exact) mass is 168 g/mol. The highest BCUT2D eigenvalue weighted by Crippen LogP contribution is 1.98. The standard InChI is InChI=1S/C7H12OSi2/c8-10(9)6-7-4-2-1-3-5-7/h1-5,8,10H,6H2,9H3. The van der Waals surface area contributed by atoms with Crippen LogP contribution < -0.4 is 0 Å². The molecule has 0 saturated heterocycles. The van der Waals surface area contributed by atoms with Gasteiger partial charge in [-0.15, -0.1) is 0 Å². The average Bonchev–Trinajstić information content (AvgIpc) is 1.88. The van der Waals surface area contributed by atoms with Crippen molar-refractivity contribution in [3.05, 3.63) is 35.9 Å². The maximum Gasteiger partial charge on any atom is 0.153 e. The summed E-state index contributed by atoms with van der Waals surface area (Å²) < 4.78 is 0. The molecule has 1 atom stereocenters. The number of hydrogen-bond acceptors (Lipinski definition) is 1. The van der Waals surface area contributed by atoms with E-state index in [1.807, 2.05) is 18.2 Å². The second kappa shape index (κ2) is 3.70. The van der Waals surface area contributed by atoms with Crippen LogP contribution in [-0.2, 0) is 6.04 Å². The van der Waals surface area contributed by atoms with Gasteiger partial charge in [0.1, 0.15) is 0 Å². The van der Waals surface area contributed by atoms with Gasteiger partial charge in [0.05, 0.1) is 0 Å². The quantitative estimate of drug-likeness (QED) is 0.582. The van der Waals surface area contributed by atoms with Gasteiger partial charge in [0.15, 0.2) is 8.56 Å². The molecule has 0 radical (unpaired) electrons. The Hall–Kier alpha value is -0.386. The molecule has 1 rings (SSSR count). The molecule has 0 bridgehead atoms. The molecule has 0 heterocycles. The third-order valence-electron chi connectivity index (χ3n) is 1.37. The highest BCUT2D eigenvalue weighted by Gasteiger charge is 1.98. The molecule has 0 aliphatic rings. The second-order valence-corrected chi connectivity index (χ2v) is 8.64. The first-order chi connectivity index (χ1) is 4.79. The van der Waals surface area contributed by atoms with Crippen LogP contribution in [-0.4, -0.2) is 23.1 Å². The van der Waals surface area contributed by atoms with E-state index in [0.29, 0.717) is 0 Å². The van der Waals surface area contributed by atoms with Crippen molar-refractivity contribution in [1.29, 1.82) is 0 Å². The molecule has 0 aromatic heterocycles. The molecule has 0 fully saturated rings. The number of hydrogen-bond donors (Lipinski definition) is 1. The summed E-state index contributed by atoms with van der Waals surface area (Å²) in [4.78, 5) is 9.21. The fourth-order valence-electron chi connectivity index (χ4n) is 0.955. The molecule has 3 heteroatoms. The molecule has 0 saturated carbocycles. The van der Waals surface area contributed by atoms with Gasteiger partial charge < -0.3 is 4.80 Å². The van der Waals surface area contributed by atoms with Gasteiger partial charge in [-0.25, -0.2) is 0 Å². The lowest BCUT2D eigenvalue weighted by Gasteiger charge is -2.00. The van der Waals surface area contributed by atoms with Gasteiger partial charge >= 0.3 is 0 Å². The van der Waals surface area contributed by atoms with Crippen LogP contribution in [0, 0.1) is 0 Å². The summed E-state index contributed by atoms with van der Waals surface area (Å²) >= 11 is 0. The second-order valence-electron chi connectivity index (χ2n) is 2.54. The number of rotatable bonds is 2. The summed E-state index contributed by atoms with van der Waals surface area (Å²) in [6.45, 7) is 0. The molecular formula is C7H12OSi2. The summed E-state index contributed by atoms with van der Waals surface area (Å²) in [5.74, 6) is 0. The van der Waals surface area contributed by atoms with E-state index in [1.165, 1.54) is 5.56 Å². The van der Waals surface area contributed by atoms with Crippen molar-refractivity contribution in [2.75, 3.05) is 0 Å². The zero-order valence-corrected chi connectivity index (χ0v) is 9.27. The normalized spacial score (nSPS) is 13.3. The Labute approximate surface area is 65.7 Å². The van der Waals surface area contributed by atoms with Crippen LogP contribution in [0.5, 0.6) is 0 Å². The van der Waals surface area contributed by atoms with E-state index in [2.05, 4.69) is 12.1 Å². The Morgan fingerprint density at radius 2 is 1.90 bits per heavy atom. The van der Waals surface area contributed by atoms with E-state index in [1.54, 1.807) is 0 Å². The van der Waals surface area contributed by atoms with E-state index in [-0.39, 0.29) is 0 Å². The van der Waals surface area contributed by atoms with E-state index in [4.69, 9.17) is 0 Å². The van der Waals surface area contributed by atoms with Crippen molar-refractivity contribution in [1.82, 2.24) is 0 Å². The zero-order valence-electron chi connectivity index (χ0n) is 6.12. The first-order valence-electron chi connectivity index (χ1n) is 3.51. The summed E-state index contributed by atoms with van der Waals surface area (Å²) in [5.41, 5.74) is 1.29. The topological polar surface area (TPSA) is 20.2 Å². The minimum atomic E-state index is -1.26. The SMILES string of the molecule is O[SiH]([SiH3])Cc1ccccc1. The molecule has 54 valence electrons. The third-order valence-corrected chi connectivity index (χ3v) is 3.66. The van der Waals surface area contributed by atoms with Gasteiger partial charge in [-0.2, -0.15) is 0 Å². The highest BCUT2D eigenvalue weighted by molar-refractivity contribution is 6.98. The van der Waals surface area contributed by atoms with Gasteiger partial charge in [-0.3, -0.25) is 0 Å². The van der Waals surface area contributed by atoms with Gasteiger partial charge in [-0.05, 0) is 11.6 Å². The molecular weight excluding hydrogens is 156 g/mol. The smallest absolute Gasteiger partial charge is 0.153 e. The molecule has 10 heavy (non-hydrogen) atoms. The van der Waals surface area contributed by atoms with Crippen LogP contribution in [0.25, 0.3) is 0 Å². The molecule has 1 aromatic rings. The summed E-state index contributed by atoms with van der Waals surface area (Å²) in [5, 5.41) is 0. The molecule has 0 amide bonds. The predicted octanol–water partition coefficient (Wildman–Crippen LogP) is -0.654. The minimum Gasteiger partial charge on any atom is -0.438 e. The van der Waals surface area contributed by atoms with Crippen LogP contribution in [0.15, 0.2) is 30.3 Å². The molecule has 1 aromatic carbocycles. The van der Waals surface area contributed by atoms with Crippen LogP contribution in [0.2, 0.25) is 0 Å². The lowest BCUT2D eigenvalue weighted by Crippen LogP contribution is -2.15. The van der Waals surface area contributed by atoms with Crippen molar-refractivity contribution in [2.45, 2.75) is 6.04 Å².